The topological polar surface area (TPSA) is 38.0 Å². The fourth-order valence-electron chi connectivity index (χ4n) is 2.13. The third kappa shape index (κ3) is 1.17. The number of hydrogen-bond acceptors (Lipinski definition) is 2. The molecule has 2 fully saturated rings. The molecule has 0 aromatic carbocycles. The van der Waals surface area contributed by atoms with Crippen LogP contribution < -0.4 is 11.3 Å². The van der Waals surface area contributed by atoms with Crippen LogP contribution in [0.2, 0.25) is 0 Å². The first-order valence-electron chi connectivity index (χ1n) is 4.00. The molecule has 0 aliphatic heterocycles. The number of nitrogens with one attached hydrogen (secondary N) is 1. The van der Waals surface area contributed by atoms with E-state index in [2.05, 4.69) is 5.43 Å². The van der Waals surface area contributed by atoms with Crippen molar-refractivity contribution in [3.8, 4) is 0 Å². The second kappa shape index (κ2) is 2.49. The zero-order valence-corrected chi connectivity index (χ0v) is 7.70. The first-order chi connectivity index (χ1) is 5.16. The minimum atomic E-state index is -0.425. The Morgan fingerprint density at radius 1 is 1.27 bits per heavy atom. The van der Waals surface area contributed by atoms with Gasteiger partial charge in [0.15, 0.2) is 0 Å². The lowest BCUT2D eigenvalue weighted by atomic mass is 9.96. The van der Waals surface area contributed by atoms with Crippen LogP contribution in [0.1, 0.15) is 19.3 Å². The molecule has 3 unspecified atom stereocenters. The molecule has 2 aliphatic rings. The Kier molecular flexibility index (Phi) is 1.84. The van der Waals surface area contributed by atoms with Gasteiger partial charge in [0.2, 0.25) is 0 Å². The molecule has 0 amide bonds. The summed E-state index contributed by atoms with van der Waals surface area (Å²) in [5, 5.41) is 0. The molecule has 64 valence electrons. The normalized spacial score (nSPS) is 46.6. The summed E-state index contributed by atoms with van der Waals surface area (Å²) in [5.41, 5.74) is 2.78. The summed E-state index contributed by atoms with van der Waals surface area (Å²) in [6, 6.07) is 0.427. The molecule has 0 heterocycles. The van der Waals surface area contributed by atoms with Crippen molar-refractivity contribution in [1.82, 2.24) is 5.43 Å². The summed E-state index contributed by atoms with van der Waals surface area (Å²) in [6.45, 7) is 0. The Morgan fingerprint density at radius 2 is 2.00 bits per heavy atom. The highest BCUT2D eigenvalue weighted by molar-refractivity contribution is 6.51. The van der Waals surface area contributed by atoms with E-state index in [1.165, 1.54) is 0 Å². The number of fused-ring (bicyclic) bond motifs is 1. The van der Waals surface area contributed by atoms with Crippen LogP contribution in [0, 0.1) is 11.8 Å². The summed E-state index contributed by atoms with van der Waals surface area (Å²) in [6.07, 6.45) is 3.26. The van der Waals surface area contributed by atoms with Gasteiger partial charge in [-0.1, -0.05) is 0 Å². The number of rotatable bonds is 1. The van der Waals surface area contributed by atoms with Gasteiger partial charge < -0.3 is 0 Å². The van der Waals surface area contributed by atoms with E-state index in [0.29, 0.717) is 17.9 Å². The molecule has 0 bridgehead atoms. The molecule has 2 aliphatic carbocycles. The smallest absolute Gasteiger partial charge is 0.124 e. The van der Waals surface area contributed by atoms with Gasteiger partial charge in [-0.15, -0.1) is 23.2 Å². The van der Waals surface area contributed by atoms with E-state index < -0.39 is 4.33 Å². The molecule has 0 aromatic heterocycles. The van der Waals surface area contributed by atoms with Crippen LogP contribution >= 0.6 is 23.2 Å². The fraction of sp³-hybridized carbons (Fsp3) is 1.00. The summed E-state index contributed by atoms with van der Waals surface area (Å²) >= 11 is 12.1. The van der Waals surface area contributed by atoms with Crippen LogP contribution in [0.5, 0.6) is 0 Å². The maximum absolute atomic E-state index is 6.03. The number of halogens is 2. The van der Waals surface area contributed by atoms with Crippen molar-refractivity contribution in [2.24, 2.45) is 17.7 Å². The SMILES string of the molecule is NNC1CCC2C(C1)C2(Cl)Cl. The van der Waals surface area contributed by atoms with E-state index in [0.717, 1.165) is 19.3 Å². The van der Waals surface area contributed by atoms with E-state index in [-0.39, 0.29) is 0 Å². The lowest BCUT2D eigenvalue weighted by Gasteiger charge is -2.18. The van der Waals surface area contributed by atoms with Crippen LogP contribution in [-0.4, -0.2) is 10.4 Å². The Bertz CT molecular complexity index is 172. The van der Waals surface area contributed by atoms with E-state index >= 15 is 0 Å². The second-order valence-corrected chi connectivity index (χ2v) is 5.01. The Hall–Kier alpha value is 0.500. The van der Waals surface area contributed by atoms with Crippen molar-refractivity contribution >= 4 is 23.2 Å². The summed E-state index contributed by atoms with van der Waals surface area (Å²) in [7, 11) is 0. The first-order valence-corrected chi connectivity index (χ1v) is 4.75. The predicted molar refractivity (Wildman–Crippen MR) is 46.4 cm³/mol. The van der Waals surface area contributed by atoms with Crippen LogP contribution in [0.4, 0.5) is 0 Å². The van der Waals surface area contributed by atoms with Gasteiger partial charge in [0.25, 0.3) is 0 Å². The third-order valence-corrected chi connectivity index (χ3v) is 4.09. The second-order valence-electron chi connectivity index (χ2n) is 3.56. The molecule has 0 radical (unpaired) electrons. The minimum absolute atomic E-state index is 0.425. The van der Waals surface area contributed by atoms with Crippen molar-refractivity contribution in [3.05, 3.63) is 0 Å². The van der Waals surface area contributed by atoms with Crippen LogP contribution in [0.25, 0.3) is 0 Å². The highest BCUT2D eigenvalue weighted by Gasteiger charge is 2.64. The van der Waals surface area contributed by atoms with Gasteiger partial charge in [-0.3, -0.25) is 11.3 Å². The summed E-state index contributed by atoms with van der Waals surface area (Å²) in [5.74, 6) is 6.36. The summed E-state index contributed by atoms with van der Waals surface area (Å²) < 4.78 is -0.425. The number of nitrogens with two attached hydrogens (primary N) is 1. The Morgan fingerprint density at radius 3 is 2.55 bits per heavy atom. The zero-order valence-electron chi connectivity index (χ0n) is 6.19. The van der Waals surface area contributed by atoms with Crippen molar-refractivity contribution < 1.29 is 0 Å². The quantitative estimate of drug-likeness (QED) is 0.377. The van der Waals surface area contributed by atoms with Gasteiger partial charge in [-0.25, -0.2) is 0 Å². The van der Waals surface area contributed by atoms with Crippen molar-refractivity contribution in [2.45, 2.75) is 29.6 Å². The van der Waals surface area contributed by atoms with Gasteiger partial charge in [0.1, 0.15) is 4.33 Å². The molecule has 2 saturated carbocycles. The van der Waals surface area contributed by atoms with E-state index in [1.807, 2.05) is 0 Å². The van der Waals surface area contributed by atoms with Gasteiger partial charge in [-0.05, 0) is 31.1 Å². The Labute approximate surface area is 76.4 Å². The Balaban J connectivity index is 1.97. The largest absolute Gasteiger partial charge is 0.271 e. The van der Waals surface area contributed by atoms with Crippen LogP contribution in [0.15, 0.2) is 0 Å². The lowest BCUT2D eigenvalue weighted by molar-refractivity contribution is 0.365. The minimum Gasteiger partial charge on any atom is -0.271 e. The molecular weight excluding hydrogens is 183 g/mol. The molecule has 0 aromatic rings. The lowest BCUT2D eigenvalue weighted by Crippen LogP contribution is -2.37. The van der Waals surface area contributed by atoms with Crippen molar-refractivity contribution in [2.75, 3.05) is 0 Å². The molecule has 0 saturated heterocycles. The average molecular weight is 195 g/mol. The van der Waals surface area contributed by atoms with Gasteiger partial charge in [0.05, 0.1) is 0 Å². The van der Waals surface area contributed by atoms with Crippen LogP contribution in [-0.2, 0) is 0 Å². The van der Waals surface area contributed by atoms with E-state index in [4.69, 9.17) is 29.0 Å². The molecule has 4 heteroatoms. The van der Waals surface area contributed by atoms with Crippen molar-refractivity contribution in [1.29, 1.82) is 0 Å². The highest BCUT2D eigenvalue weighted by Crippen LogP contribution is 2.65. The molecule has 2 nitrogen and oxygen atoms in total. The molecule has 0 spiro atoms. The standard InChI is InChI=1S/C7H12Cl2N2/c8-7(9)5-2-1-4(11-10)3-6(5)7/h4-6,11H,1-3,10H2. The molecular formula is C7H12Cl2N2. The van der Waals surface area contributed by atoms with E-state index in [9.17, 15) is 0 Å². The van der Waals surface area contributed by atoms with Crippen molar-refractivity contribution in [3.63, 3.8) is 0 Å². The molecule has 2 rings (SSSR count). The van der Waals surface area contributed by atoms with E-state index in [1.54, 1.807) is 0 Å². The number of hydrogen-bond donors (Lipinski definition) is 2. The van der Waals surface area contributed by atoms with Gasteiger partial charge >= 0.3 is 0 Å². The van der Waals surface area contributed by atoms with Gasteiger partial charge in [0, 0.05) is 6.04 Å². The average Bonchev–Trinajstić information content (AvgIpc) is 2.55. The van der Waals surface area contributed by atoms with Crippen LogP contribution in [0.3, 0.4) is 0 Å². The summed E-state index contributed by atoms with van der Waals surface area (Å²) in [4.78, 5) is 0. The monoisotopic (exact) mass is 194 g/mol. The van der Waals surface area contributed by atoms with Gasteiger partial charge in [-0.2, -0.15) is 0 Å². The predicted octanol–water partition coefficient (Wildman–Crippen LogP) is 1.42. The molecule has 3 atom stereocenters. The molecule has 11 heavy (non-hydrogen) atoms. The maximum atomic E-state index is 6.03. The molecule has 3 N–H and O–H groups in total. The maximum Gasteiger partial charge on any atom is 0.124 e. The zero-order chi connectivity index (χ0) is 8.06. The fourth-order valence-corrected chi connectivity index (χ4v) is 3.01. The third-order valence-electron chi connectivity index (χ3n) is 2.97. The number of hydrazine groups is 1. The number of alkyl halides is 2. The first kappa shape index (κ1) is 8.11. The highest BCUT2D eigenvalue weighted by atomic mass is 35.5.